The number of likely N-dealkylation sites (tertiary alicyclic amines) is 1. The van der Waals surface area contributed by atoms with Crippen molar-refractivity contribution in [3.8, 4) is 0 Å². The summed E-state index contributed by atoms with van der Waals surface area (Å²) in [5.41, 5.74) is 2.39. The maximum atomic E-state index is 12.8. The van der Waals surface area contributed by atoms with Crippen molar-refractivity contribution >= 4 is 45.2 Å². The minimum atomic E-state index is -0.392. The molecule has 3 aromatic heterocycles. The molecular formula is C22H24ClN9O3. The zero-order chi connectivity index (χ0) is 24.7. The number of nitrogens with zero attached hydrogens (tertiary/aromatic N) is 8. The average molecular weight is 498 g/mol. The molecule has 0 radical (unpaired) electrons. The van der Waals surface area contributed by atoms with E-state index < -0.39 is 4.92 Å². The molecule has 0 bridgehead atoms. The third kappa shape index (κ3) is 4.30. The molecule has 35 heavy (non-hydrogen) atoms. The highest BCUT2D eigenvalue weighted by molar-refractivity contribution is 6.28. The van der Waals surface area contributed by atoms with Crippen molar-refractivity contribution in [1.82, 2.24) is 34.0 Å². The molecule has 0 spiro atoms. The molecular weight excluding hydrogens is 474 g/mol. The minimum Gasteiger partial charge on any atom is -0.368 e. The number of anilines is 1. The van der Waals surface area contributed by atoms with E-state index in [1.54, 1.807) is 35.4 Å². The Morgan fingerprint density at radius 3 is 2.74 bits per heavy atom. The second-order valence-electron chi connectivity index (χ2n) is 8.69. The molecule has 0 aliphatic carbocycles. The van der Waals surface area contributed by atoms with E-state index in [1.165, 1.54) is 12.4 Å². The standard InChI is InChI=1S/C22H24ClN9O3/c1-13-9-16-15(10-17(13)32(34)35)19(27-12-26-16)24-5-8-30-6-3-14(4-7-30)31-20-18(29(2)22(31)33)11-25-21(23)28-20/h9-12,14H,3-8H2,1-2H3,(H,24,26,27). The number of nitro benzene ring substituents is 1. The van der Waals surface area contributed by atoms with Crippen LogP contribution in [0.4, 0.5) is 11.5 Å². The molecule has 5 rings (SSSR count). The van der Waals surface area contributed by atoms with Gasteiger partial charge in [0.2, 0.25) is 5.28 Å². The fourth-order valence-corrected chi connectivity index (χ4v) is 4.84. The quantitative estimate of drug-likeness (QED) is 0.242. The van der Waals surface area contributed by atoms with Crippen molar-refractivity contribution in [2.45, 2.75) is 25.8 Å². The number of aromatic nitrogens is 6. The van der Waals surface area contributed by atoms with Crippen LogP contribution in [0.25, 0.3) is 22.1 Å². The smallest absolute Gasteiger partial charge is 0.330 e. The van der Waals surface area contributed by atoms with E-state index >= 15 is 0 Å². The SMILES string of the molecule is Cc1cc2ncnc(NCCN3CCC(n4c(=O)n(C)c5cnc(Cl)nc54)CC3)c2cc1[N+](=O)[O-]. The Bertz CT molecular complexity index is 1490. The van der Waals surface area contributed by atoms with Crippen LogP contribution in [0.1, 0.15) is 24.4 Å². The lowest BCUT2D eigenvalue weighted by Crippen LogP contribution is -2.39. The Morgan fingerprint density at radius 1 is 1.23 bits per heavy atom. The molecule has 182 valence electrons. The van der Waals surface area contributed by atoms with E-state index in [0.29, 0.717) is 40.0 Å². The Hall–Kier alpha value is -3.64. The number of hydrogen-bond donors (Lipinski definition) is 1. The lowest BCUT2D eigenvalue weighted by molar-refractivity contribution is -0.385. The number of nitro groups is 1. The number of imidazole rings is 1. The summed E-state index contributed by atoms with van der Waals surface area (Å²) in [6.45, 7) is 4.73. The van der Waals surface area contributed by atoms with E-state index in [0.717, 1.165) is 32.5 Å². The Balaban J connectivity index is 1.24. The Kier molecular flexibility index (Phi) is 6.07. The number of halogens is 1. The Morgan fingerprint density at radius 2 is 2.00 bits per heavy atom. The molecule has 12 nitrogen and oxygen atoms in total. The van der Waals surface area contributed by atoms with Crippen LogP contribution in [-0.2, 0) is 7.05 Å². The van der Waals surface area contributed by atoms with Crippen LogP contribution in [0.5, 0.6) is 0 Å². The van der Waals surface area contributed by atoms with Crippen molar-refractivity contribution in [1.29, 1.82) is 0 Å². The van der Waals surface area contributed by atoms with Crippen molar-refractivity contribution < 1.29 is 4.92 Å². The Labute approximate surface area is 204 Å². The first-order chi connectivity index (χ1) is 16.8. The van der Waals surface area contributed by atoms with Crippen molar-refractivity contribution in [2.24, 2.45) is 7.05 Å². The molecule has 1 aliphatic heterocycles. The number of aryl methyl sites for hydroxylation is 2. The van der Waals surface area contributed by atoms with Crippen molar-refractivity contribution in [2.75, 3.05) is 31.5 Å². The van der Waals surface area contributed by atoms with Crippen LogP contribution < -0.4 is 11.0 Å². The molecule has 1 aliphatic rings. The highest BCUT2D eigenvalue weighted by atomic mass is 35.5. The van der Waals surface area contributed by atoms with Crippen molar-refractivity contribution in [3.05, 3.63) is 56.1 Å². The van der Waals surface area contributed by atoms with Gasteiger partial charge in [-0.15, -0.1) is 0 Å². The summed E-state index contributed by atoms with van der Waals surface area (Å²) in [6.07, 6.45) is 4.65. The number of hydrogen-bond acceptors (Lipinski definition) is 9. The number of fused-ring (bicyclic) bond motifs is 2. The van der Waals surface area contributed by atoms with Gasteiger partial charge in [0.1, 0.15) is 17.7 Å². The molecule has 13 heteroatoms. The predicted octanol–water partition coefficient (Wildman–Crippen LogP) is 2.69. The normalized spacial score (nSPS) is 15.2. The summed E-state index contributed by atoms with van der Waals surface area (Å²) >= 11 is 5.99. The largest absolute Gasteiger partial charge is 0.368 e. The molecule has 4 aromatic rings. The fraction of sp³-hybridized carbons (Fsp3) is 0.409. The van der Waals surface area contributed by atoms with Gasteiger partial charge in [-0.25, -0.2) is 19.7 Å². The van der Waals surface area contributed by atoms with Gasteiger partial charge in [-0.05, 0) is 37.4 Å². The first-order valence-corrected chi connectivity index (χ1v) is 11.7. The molecule has 1 fully saturated rings. The molecule has 0 atom stereocenters. The van der Waals surface area contributed by atoms with Crippen molar-refractivity contribution in [3.63, 3.8) is 0 Å². The van der Waals surface area contributed by atoms with Crippen LogP contribution in [0.3, 0.4) is 0 Å². The number of nitrogens with one attached hydrogen (secondary N) is 1. The molecule has 0 unspecified atom stereocenters. The van der Waals surface area contributed by atoms with Crippen LogP contribution in [0, 0.1) is 17.0 Å². The van der Waals surface area contributed by atoms with Gasteiger partial charge in [-0.3, -0.25) is 19.2 Å². The topological polar surface area (TPSA) is 137 Å². The fourth-order valence-electron chi connectivity index (χ4n) is 4.71. The van der Waals surface area contributed by atoms with Crippen LogP contribution in [-0.4, -0.2) is 65.1 Å². The average Bonchev–Trinajstić information content (AvgIpc) is 3.08. The summed E-state index contributed by atoms with van der Waals surface area (Å²) in [5.74, 6) is 0.576. The highest BCUT2D eigenvalue weighted by Gasteiger charge is 2.25. The van der Waals surface area contributed by atoms with Gasteiger partial charge in [0.15, 0.2) is 5.65 Å². The van der Waals surface area contributed by atoms with Gasteiger partial charge in [-0.2, -0.15) is 4.98 Å². The molecule has 0 amide bonds. The van der Waals surface area contributed by atoms with Crippen LogP contribution >= 0.6 is 11.6 Å². The molecule has 1 N–H and O–H groups in total. The van der Waals surface area contributed by atoms with Gasteiger partial charge in [0, 0.05) is 56.3 Å². The number of piperidine rings is 1. The molecule has 0 saturated carbocycles. The van der Waals surface area contributed by atoms with Gasteiger partial charge < -0.3 is 10.2 Å². The van der Waals surface area contributed by atoms with Gasteiger partial charge in [0.25, 0.3) is 5.69 Å². The summed E-state index contributed by atoms with van der Waals surface area (Å²) in [5, 5.41) is 15.4. The summed E-state index contributed by atoms with van der Waals surface area (Å²) in [4.78, 5) is 42.9. The lowest BCUT2D eigenvalue weighted by atomic mass is 10.0. The van der Waals surface area contributed by atoms with E-state index in [2.05, 4.69) is 30.2 Å². The van der Waals surface area contributed by atoms with Gasteiger partial charge in [0.05, 0.1) is 16.6 Å². The first-order valence-electron chi connectivity index (χ1n) is 11.3. The van der Waals surface area contributed by atoms with E-state index in [1.807, 2.05) is 0 Å². The summed E-state index contributed by atoms with van der Waals surface area (Å²) in [7, 11) is 1.71. The van der Waals surface area contributed by atoms with Crippen LogP contribution in [0.15, 0.2) is 29.5 Å². The van der Waals surface area contributed by atoms with Gasteiger partial charge >= 0.3 is 5.69 Å². The second kappa shape index (κ2) is 9.19. The minimum absolute atomic E-state index is 0.0379. The molecule has 4 heterocycles. The monoisotopic (exact) mass is 497 g/mol. The first kappa shape index (κ1) is 23.1. The maximum absolute atomic E-state index is 12.8. The summed E-state index contributed by atoms with van der Waals surface area (Å²) in [6, 6.07) is 3.27. The van der Waals surface area contributed by atoms with Crippen LogP contribution in [0.2, 0.25) is 5.28 Å². The predicted molar refractivity (Wildman–Crippen MR) is 132 cm³/mol. The third-order valence-electron chi connectivity index (χ3n) is 6.60. The summed E-state index contributed by atoms with van der Waals surface area (Å²) < 4.78 is 3.29. The number of rotatable bonds is 6. The highest BCUT2D eigenvalue weighted by Crippen LogP contribution is 2.28. The molecule has 1 saturated heterocycles. The molecule has 1 aromatic carbocycles. The maximum Gasteiger partial charge on any atom is 0.330 e. The number of benzene rings is 1. The zero-order valence-corrected chi connectivity index (χ0v) is 20.1. The lowest BCUT2D eigenvalue weighted by Gasteiger charge is -2.32. The van der Waals surface area contributed by atoms with E-state index in [4.69, 9.17) is 11.6 Å². The second-order valence-corrected chi connectivity index (χ2v) is 9.03. The van der Waals surface area contributed by atoms with E-state index in [-0.39, 0.29) is 22.7 Å². The van der Waals surface area contributed by atoms with Gasteiger partial charge in [-0.1, -0.05) is 0 Å². The van der Waals surface area contributed by atoms with E-state index in [9.17, 15) is 14.9 Å². The zero-order valence-electron chi connectivity index (χ0n) is 19.3. The third-order valence-corrected chi connectivity index (χ3v) is 6.78.